The number of nitrogens with one attached hydrogen (secondary N) is 2. The van der Waals surface area contributed by atoms with Gasteiger partial charge in [-0.15, -0.1) is 0 Å². The Morgan fingerprint density at radius 3 is 2.07 bits per heavy atom. The zero-order valence-corrected chi connectivity index (χ0v) is 16.3. The third-order valence-corrected chi connectivity index (χ3v) is 3.87. The van der Waals surface area contributed by atoms with E-state index >= 15 is 0 Å². The van der Waals surface area contributed by atoms with E-state index in [1.54, 1.807) is 60.7 Å². The molecule has 0 fully saturated rings. The lowest BCUT2D eigenvalue weighted by Gasteiger charge is -2.09. The molecule has 0 atom stereocenters. The molecule has 0 aliphatic rings. The molecule has 0 aliphatic carbocycles. The van der Waals surface area contributed by atoms with Crippen LogP contribution in [0.25, 0.3) is 0 Å². The normalized spacial score (nSPS) is 10.0. The van der Waals surface area contributed by atoms with Crippen molar-refractivity contribution in [2.24, 2.45) is 0 Å². The number of anilines is 2. The van der Waals surface area contributed by atoms with Crippen LogP contribution in [-0.4, -0.2) is 24.4 Å². The predicted molar refractivity (Wildman–Crippen MR) is 113 cm³/mol. The molecule has 0 unspecified atom stereocenters. The second-order valence-electron chi connectivity index (χ2n) is 6.33. The number of benzene rings is 3. The van der Waals surface area contributed by atoms with E-state index in [0.29, 0.717) is 22.9 Å². The molecule has 0 spiro atoms. The first-order valence-electron chi connectivity index (χ1n) is 9.17. The lowest BCUT2D eigenvalue weighted by molar-refractivity contribution is -0.119. The molecule has 0 saturated heterocycles. The van der Waals surface area contributed by atoms with Crippen molar-refractivity contribution in [2.75, 3.05) is 17.2 Å². The largest absolute Gasteiger partial charge is 0.457 e. The van der Waals surface area contributed by atoms with Gasteiger partial charge in [0.2, 0.25) is 5.91 Å². The second-order valence-corrected chi connectivity index (χ2v) is 6.33. The van der Waals surface area contributed by atoms with Crippen molar-refractivity contribution in [1.29, 1.82) is 0 Å². The van der Waals surface area contributed by atoms with Crippen LogP contribution in [0.2, 0.25) is 0 Å². The van der Waals surface area contributed by atoms with Crippen LogP contribution in [0.5, 0.6) is 11.5 Å². The fraction of sp³-hybridized carbons (Fsp3) is 0.0870. The molecule has 2 amide bonds. The summed E-state index contributed by atoms with van der Waals surface area (Å²) in [5.41, 5.74) is 1.41. The smallest absolute Gasteiger partial charge is 0.338 e. The van der Waals surface area contributed by atoms with Crippen molar-refractivity contribution in [3.63, 3.8) is 0 Å². The van der Waals surface area contributed by atoms with E-state index in [0.717, 1.165) is 0 Å². The monoisotopic (exact) mass is 404 g/mol. The number of ether oxygens (including phenoxy) is 2. The molecule has 7 heteroatoms. The zero-order chi connectivity index (χ0) is 21.3. The van der Waals surface area contributed by atoms with Gasteiger partial charge in [-0.3, -0.25) is 9.59 Å². The molecule has 0 bridgehead atoms. The summed E-state index contributed by atoms with van der Waals surface area (Å²) in [5.74, 6) is -0.166. The third-order valence-electron chi connectivity index (χ3n) is 3.87. The first-order chi connectivity index (χ1) is 14.5. The summed E-state index contributed by atoms with van der Waals surface area (Å²) >= 11 is 0. The van der Waals surface area contributed by atoms with Gasteiger partial charge in [-0.05, 0) is 54.6 Å². The maximum atomic E-state index is 12.3. The molecule has 2 N–H and O–H groups in total. The van der Waals surface area contributed by atoms with Crippen LogP contribution >= 0.6 is 0 Å². The zero-order valence-electron chi connectivity index (χ0n) is 16.3. The van der Waals surface area contributed by atoms with Gasteiger partial charge >= 0.3 is 5.97 Å². The number of carbonyl (C=O) groups excluding carboxylic acids is 3. The van der Waals surface area contributed by atoms with E-state index in [-0.39, 0.29) is 11.5 Å². The minimum absolute atomic E-state index is 0.183. The van der Waals surface area contributed by atoms with E-state index in [1.165, 1.54) is 6.92 Å². The first-order valence-corrected chi connectivity index (χ1v) is 9.17. The summed E-state index contributed by atoms with van der Waals surface area (Å²) in [4.78, 5) is 35.3. The topological polar surface area (TPSA) is 93.7 Å². The maximum Gasteiger partial charge on any atom is 0.338 e. The minimum atomic E-state index is -0.635. The molecule has 3 rings (SSSR count). The number of hydrogen-bond donors (Lipinski definition) is 2. The van der Waals surface area contributed by atoms with Gasteiger partial charge in [-0.2, -0.15) is 0 Å². The fourth-order valence-electron chi connectivity index (χ4n) is 2.56. The Balaban J connectivity index is 1.52. The van der Waals surface area contributed by atoms with Crippen molar-refractivity contribution < 1.29 is 23.9 Å². The Bertz CT molecular complexity index is 1030. The van der Waals surface area contributed by atoms with Gasteiger partial charge in [0.25, 0.3) is 5.91 Å². The highest BCUT2D eigenvalue weighted by molar-refractivity contribution is 5.96. The number of rotatable bonds is 7. The fourth-order valence-corrected chi connectivity index (χ4v) is 2.56. The summed E-state index contributed by atoms with van der Waals surface area (Å²) in [6, 6.07) is 22.3. The quantitative estimate of drug-likeness (QED) is 0.575. The molecule has 0 saturated carbocycles. The van der Waals surface area contributed by atoms with Crippen LogP contribution in [0.3, 0.4) is 0 Å². The van der Waals surface area contributed by atoms with E-state index in [2.05, 4.69) is 10.6 Å². The molecule has 7 nitrogen and oxygen atoms in total. The van der Waals surface area contributed by atoms with Gasteiger partial charge in [-0.25, -0.2) is 4.79 Å². The van der Waals surface area contributed by atoms with Gasteiger partial charge in [-0.1, -0.05) is 24.3 Å². The Morgan fingerprint density at radius 2 is 1.40 bits per heavy atom. The number of esters is 1. The molecule has 0 heterocycles. The van der Waals surface area contributed by atoms with Gasteiger partial charge in [0.05, 0.1) is 5.56 Å². The molecule has 152 valence electrons. The van der Waals surface area contributed by atoms with Crippen molar-refractivity contribution in [3.8, 4) is 11.5 Å². The van der Waals surface area contributed by atoms with Gasteiger partial charge in [0.15, 0.2) is 6.61 Å². The Labute approximate surface area is 173 Å². The maximum absolute atomic E-state index is 12.3. The van der Waals surface area contributed by atoms with Crippen LogP contribution in [0.4, 0.5) is 11.4 Å². The number of hydrogen-bond acceptors (Lipinski definition) is 5. The third kappa shape index (κ3) is 6.20. The molecule has 30 heavy (non-hydrogen) atoms. The molecule has 3 aromatic carbocycles. The Morgan fingerprint density at radius 1 is 0.767 bits per heavy atom. The highest BCUT2D eigenvalue weighted by Gasteiger charge is 2.12. The average molecular weight is 404 g/mol. The molecule has 0 aromatic heterocycles. The van der Waals surface area contributed by atoms with Crippen LogP contribution in [0.15, 0.2) is 78.9 Å². The molecular weight excluding hydrogens is 384 g/mol. The summed E-state index contributed by atoms with van der Waals surface area (Å²) in [5, 5.41) is 5.25. The number of para-hydroxylation sites is 1. The summed E-state index contributed by atoms with van der Waals surface area (Å²) in [6.07, 6.45) is 0. The lowest BCUT2D eigenvalue weighted by atomic mass is 10.2. The SMILES string of the molecule is CC(=O)Nc1ccc(NC(=O)COC(=O)c2cccc(Oc3ccccc3)c2)cc1. The van der Waals surface area contributed by atoms with Crippen molar-refractivity contribution in [3.05, 3.63) is 84.4 Å². The van der Waals surface area contributed by atoms with Gasteiger partial charge in [0.1, 0.15) is 11.5 Å². The summed E-state index contributed by atoms with van der Waals surface area (Å²) in [7, 11) is 0. The number of amides is 2. The standard InChI is InChI=1S/C23H20N2O5/c1-16(26)24-18-10-12-19(13-11-18)25-22(27)15-29-23(28)17-6-5-9-21(14-17)30-20-7-3-2-4-8-20/h2-14H,15H2,1H3,(H,24,26)(H,25,27). The summed E-state index contributed by atoms with van der Waals surface area (Å²) < 4.78 is 10.8. The predicted octanol–water partition coefficient (Wildman–Crippen LogP) is 4.23. The first kappa shape index (κ1) is 20.6. The van der Waals surface area contributed by atoms with Crippen molar-refractivity contribution >= 4 is 29.2 Å². The van der Waals surface area contributed by atoms with Crippen molar-refractivity contribution in [2.45, 2.75) is 6.92 Å². The van der Waals surface area contributed by atoms with Crippen LogP contribution in [-0.2, 0) is 14.3 Å². The van der Waals surface area contributed by atoms with Crippen LogP contribution < -0.4 is 15.4 Å². The number of carbonyl (C=O) groups is 3. The van der Waals surface area contributed by atoms with Gasteiger partial charge < -0.3 is 20.1 Å². The van der Waals surface area contributed by atoms with Gasteiger partial charge in [0, 0.05) is 18.3 Å². The molecule has 0 aliphatic heterocycles. The molecule has 0 radical (unpaired) electrons. The molecular formula is C23H20N2O5. The lowest BCUT2D eigenvalue weighted by Crippen LogP contribution is -2.21. The highest BCUT2D eigenvalue weighted by Crippen LogP contribution is 2.22. The van der Waals surface area contributed by atoms with Crippen molar-refractivity contribution in [1.82, 2.24) is 0 Å². The van der Waals surface area contributed by atoms with E-state index in [4.69, 9.17) is 9.47 Å². The van der Waals surface area contributed by atoms with E-state index < -0.39 is 18.5 Å². The van der Waals surface area contributed by atoms with E-state index in [1.807, 2.05) is 18.2 Å². The average Bonchev–Trinajstić information content (AvgIpc) is 2.74. The summed E-state index contributed by atoms with van der Waals surface area (Å²) in [6.45, 7) is 0.976. The highest BCUT2D eigenvalue weighted by atomic mass is 16.5. The Kier molecular flexibility index (Phi) is 6.78. The van der Waals surface area contributed by atoms with E-state index in [9.17, 15) is 14.4 Å². The minimum Gasteiger partial charge on any atom is -0.457 e. The van der Waals surface area contributed by atoms with Crippen LogP contribution in [0, 0.1) is 0 Å². The second kappa shape index (κ2) is 9.88. The molecule has 3 aromatic rings. The Hall–Kier alpha value is -4.13. The van der Waals surface area contributed by atoms with Crippen LogP contribution in [0.1, 0.15) is 17.3 Å².